The lowest BCUT2D eigenvalue weighted by Gasteiger charge is -2.13. The van der Waals surface area contributed by atoms with E-state index in [0.29, 0.717) is 11.5 Å². The maximum Gasteiger partial charge on any atom is 0.191 e. The monoisotopic (exact) mass is 510 g/mol. The van der Waals surface area contributed by atoms with Gasteiger partial charge >= 0.3 is 0 Å². The maximum absolute atomic E-state index is 13.0. The van der Waals surface area contributed by atoms with E-state index in [1.165, 1.54) is 28.6 Å². The second-order valence-electron chi connectivity index (χ2n) is 6.83. The van der Waals surface area contributed by atoms with Gasteiger partial charge in [-0.25, -0.2) is 4.39 Å². The van der Waals surface area contributed by atoms with Gasteiger partial charge in [0.2, 0.25) is 0 Å². The average Bonchev–Trinajstić information content (AvgIpc) is 3.08. The second-order valence-corrected chi connectivity index (χ2v) is 6.83. The molecule has 0 bridgehead atoms. The number of aliphatic hydroxyl groups is 1. The van der Waals surface area contributed by atoms with Crippen molar-refractivity contribution in [1.82, 2.24) is 15.6 Å². The fourth-order valence-electron chi connectivity index (χ4n) is 3.13. The Labute approximate surface area is 187 Å². The number of guanidine groups is 1. The summed E-state index contributed by atoms with van der Waals surface area (Å²) < 4.78 is 13.0. The van der Waals surface area contributed by atoms with E-state index in [1.54, 1.807) is 12.1 Å². The van der Waals surface area contributed by atoms with Crippen LogP contribution in [-0.4, -0.2) is 35.7 Å². The summed E-state index contributed by atoms with van der Waals surface area (Å²) in [5.41, 5.74) is 4.29. The van der Waals surface area contributed by atoms with Gasteiger partial charge < -0.3 is 20.7 Å². The largest absolute Gasteiger partial charge is 0.386 e. The van der Waals surface area contributed by atoms with Crippen LogP contribution in [-0.2, 0) is 6.42 Å². The molecule has 2 aromatic carbocycles. The summed E-state index contributed by atoms with van der Waals surface area (Å²) in [6.45, 7) is 5.73. The lowest BCUT2D eigenvalue weighted by Crippen LogP contribution is -2.38. The summed E-state index contributed by atoms with van der Waals surface area (Å²) in [5, 5.41) is 18.0. The number of aromatic amines is 1. The van der Waals surface area contributed by atoms with Gasteiger partial charge in [-0.1, -0.05) is 24.3 Å². The van der Waals surface area contributed by atoms with Crippen LogP contribution in [0.5, 0.6) is 0 Å². The van der Waals surface area contributed by atoms with Crippen LogP contribution in [0.15, 0.2) is 53.7 Å². The summed E-state index contributed by atoms with van der Waals surface area (Å²) in [6, 6.07) is 12.3. The Morgan fingerprint density at radius 3 is 2.66 bits per heavy atom. The van der Waals surface area contributed by atoms with Gasteiger partial charge in [0.25, 0.3) is 0 Å². The molecule has 0 saturated carbocycles. The molecule has 29 heavy (non-hydrogen) atoms. The standard InChI is InChI=1S/C22H27FN4O.HI/c1-3-24-22(27-14-21(28)16-5-7-18(23)8-6-16)25-11-10-17-13-26-20-12-15(2)4-9-19(17)20;/h4-9,12-13,21,26,28H,3,10-11,14H2,1-2H3,(H2,24,25,27);1H. The highest BCUT2D eigenvalue weighted by Crippen LogP contribution is 2.19. The van der Waals surface area contributed by atoms with Crippen LogP contribution in [0.1, 0.15) is 29.7 Å². The number of aliphatic hydroxyl groups excluding tert-OH is 1. The van der Waals surface area contributed by atoms with Gasteiger partial charge in [0.05, 0.1) is 12.6 Å². The van der Waals surface area contributed by atoms with Crippen LogP contribution >= 0.6 is 24.0 Å². The maximum atomic E-state index is 13.0. The highest BCUT2D eigenvalue weighted by Gasteiger charge is 2.08. The van der Waals surface area contributed by atoms with E-state index in [4.69, 9.17) is 0 Å². The summed E-state index contributed by atoms with van der Waals surface area (Å²) in [5.74, 6) is 0.334. The number of benzene rings is 2. The average molecular weight is 510 g/mol. The van der Waals surface area contributed by atoms with E-state index >= 15 is 0 Å². The number of hydrogen-bond acceptors (Lipinski definition) is 2. The molecule has 1 aromatic heterocycles. The zero-order valence-corrected chi connectivity index (χ0v) is 19.0. The third-order valence-corrected chi connectivity index (χ3v) is 4.63. The Balaban J connectivity index is 0.00000300. The van der Waals surface area contributed by atoms with Crippen molar-refractivity contribution in [3.05, 3.63) is 71.2 Å². The van der Waals surface area contributed by atoms with Crippen molar-refractivity contribution in [2.24, 2.45) is 4.99 Å². The van der Waals surface area contributed by atoms with Crippen molar-refractivity contribution < 1.29 is 9.50 Å². The minimum absolute atomic E-state index is 0. The molecule has 3 aromatic rings. The topological polar surface area (TPSA) is 72.4 Å². The summed E-state index contributed by atoms with van der Waals surface area (Å²) in [6.07, 6.45) is 2.13. The van der Waals surface area contributed by atoms with Crippen molar-refractivity contribution in [2.75, 3.05) is 19.6 Å². The Hall–Kier alpha value is -2.13. The number of fused-ring (bicyclic) bond motifs is 1. The first-order valence-electron chi connectivity index (χ1n) is 9.59. The number of aryl methyl sites for hydroxylation is 1. The molecule has 0 radical (unpaired) electrons. The van der Waals surface area contributed by atoms with E-state index in [0.717, 1.165) is 25.0 Å². The number of rotatable bonds is 7. The normalized spacial score (nSPS) is 12.5. The molecule has 0 fully saturated rings. The molecule has 156 valence electrons. The van der Waals surface area contributed by atoms with E-state index in [2.05, 4.69) is 45.7 Å². The van der Waals surface area contributed by atoms with Crippen LogP contribution in [0.3, 0.4) is 0 Å². The zero-order chi connectivity index (χ0) is 19.9. The number of aliphatic imine (C=N–C) groups is 1. The molecule has 1 atom stereocenters. The minimum Gasteiger partial charge on any atom is -0.386 e. The lowest BCUT2D eigenvalue weighted by molar-refractivity contribution is 0.187. The van der Waals surface area contributed by atoms with Gasteiger partial charge in [0.15, 0.2) is 5.96 Å². The lowest BCUT2D eigenvalue weighted by atomic mass is 10.1. The first kappa shape index (κ1) is 23.2. The van der Waals surface area contributed by atoms with Gasteiger partial charge in [0.1, 0.15) is 5.82 Å². The van der Waals surface area contributed by atoms with Crippen LogP contribution in [0, 0.1) is 12.7 Å². The Bertz CT molecular complexity index is 940. The van der Waals surface area contributed by atoms with Gasteiger partial charge in [-0.15, -0.1) is 24.0 Å². The molecule has 0 aliphatic heterocycles. The van der Waals surface area contributed by atoms with E-state index < -0.39 is 6.10 Å². The van der Waals surface area contributed by atoms with Crippen molar-refractivity contribution in [3.8, 4) is 0 Å². The quantitative estimate of drug-likeness (QED) is 0.220. The van der Waals surface area contributed by atoms with E-state index in [1.807, 2.05) is 13.1 Å². The molecule has 3 rings (SSSR count). The predicted octanol–water partition coefficient (Wildman–Crippen LogP) is 4.06. The molecular weight excluding hydrogens is 482 g/mol. The van der Waals surface area contributed by atoms with E-state index in [-0.39, 0.29) is 36.3 Å². The van der Waals surface area contributed by atoms with Crippen LogP contribution in [0.2, 0.25) is 0 Å². The minimum atomic E-state index is -0.770. The molecule has 1 unspecified atom stereocenters. The van der Waals surface area contributed by atoms with Crippen molar-refractivity contribution in [2.45, 2.75) is 26.4 Å². The zero-order valence-electron chi connectivity index (χ0n) is 16.7. The highest BCUT2D eigenvalue weighted by atomic mass is 127. The highest BCUT2D eigenvalue weighted by molar-refractivity contribution is 14.0. The van der Waals surface area contributed by atoms with Crippen LogP contribution in [0.25, 0.3) is 10.9 Å². The van der Waals surface area contributed by atoms with Gasteiger partial charge in [-0.2, -0.15) is 0 Å². The summed E-state index contributed by atoms with van der Waals surface area (Å²) >= 11 is 0. The molecule has 5 nitrogen and oxygen atoms in total. The number of nitrogens with zero attached hydrogens (tertiary/aromatic N) is 1. The molecule has 7 heteroatoms. The predicted molar refractivity (Wildman–Crippen MR) is 127 cm³/mol. The van der Waals surface area contributed by atoms with Crippen molar-refractivity contribution in [3.63, 3.8) is 0 Å². The second kappa shape index (κ2) is 11.2. The molecule has 0 spiro atoms. The SMILES string of the molecule is CCNC(=NCC(O)c1ccc(F)cc1)NCCc1c[nH]c2cc(C)ccc12.I. The van der Waals surface area contributed by atoms with Gasteiger partial charge in [0, 0.05) is 30.2 Å². The third kappa shape index (κ3) is 6.43. The number of H-pyrrole nitrogens is 1. The molecule has 0 aliphatic rings. The van der Waals surface area contributed by atoms with Crippen LogP contribution in [0.4, 0.5) is 4.39 Å². The third-order valence-electron chi connectivity index (χ3n) is 4.63. The van der Waals surface area contributed by atoms with Gasteiger partial charge in [-0.05, 0) is 55.2 Å². The van der Waals surface area contributed by atoms with Crippen molar-refractivity contribution in [1.29, 1.82) is 0 Å². The molecule has 0 aliphatic carbocycles. The summed E-state index contributed by atoms with van der Waals surface area (Å²) in [4.78, 5) is 7.77. The smallest absolute Gasteiger partial charge is 0.191 e. The fourth-order valence-corrected chi connectivity index (χ4v) is 3.13. The van der Waals surface area contributed by atoms with Crippen LogP contribution < -0.4 is 10.6 Å². The Morgan fingerprint density at radius 2 is 1.93 bits per heavy atom. The molecule has 0 amide bonds. The first-order valence-corrected chi connectivity index (χ1v) is 9.59. The molecular formula is C22H28FIN4O. The molecule has 4 N–H and O–H groups in total. The number of nitrogens with one attached hydrogen (secondary N) is 3. The number of hydrogen-bond donors (Lipinski definition) is 4. The Kier molecular flexibility index (Phi) is 8.91. The molecule has 0 saturated heterocycles. The molecule has 1 heterocycles. The number of halogens is 2. The Morgan fingerprint density at radius 1 is 1.17 bits per heavy atom. The van der Waals surface area contributed by atoms with Crippen molar-refractivity contribution >= 4 is 40.8 Å². The fraction of sp³-hybridized carbons (Fsp3) is 0.318. The van der Waals surface area contributed by atoms with E-state index in [9.17, 15) is 9.50 Å². The first-order chi connectivity index (χ1) is 13.6. The number of aromatic nitrogens is 1. The summed E-state index contributed by atoms with van der Waals surface area (Å²) in [7, 11) is 0. The van der Waals surface area contributed by atoms with Gasteiger partial charge in [-0.3, -0.25) is 4.99 Å².